The fraction of sp³-hybridized carbons (Fsp3) is 0.300. The van der Waals surface area contributed by atoms with Gasteiger partial charge in [0.1, 0.15) is 0 Å². The summed E-state index contributed by atoms with van der Waals surface area (Å²) in [7, 11) is 0. The van der Waals surface area contributed by atoms with Crippen molar-refractivity contribution in [1.82, 2.24) is 0 Å². The smallest absolute Gasteiger partial charge is 0.335 e. The molecule has 0 aliphatic rings. The molecule has 0 heterocycles. The summed E-state index contributed by atoms with van der Waals surface area (Å²) in [6.45, 7) is 4.01. The van der Waals surface area contributed by atoms with E-state index in [1.54, 1.807) is 12.1 Å². The number of carboxylic acids is 1. The summed E-state index contributed by atoms with van der Waals surface area (Å²) in [5.74, 6) is -0.857. The van der Waals surface area contributed by atoms with Crippen molar-refractivity contribution in [1.29, 1.82) is 0 Å². The van der Waals surface area contributed by atoms with E-state index in [0.29, 0.717) is 5.56 Å². The van der Waals surface area contributed by atoms with Crippen molar-refractivity contribution in [2.45, 2.75) is 20.3 Å². The third-order valence-corrected chi connectivity index (χ3v) is 1.98. The van der Waals surface area contributed by atoms with Gasteiger partial charge in [-0.05, 0) is 36.6 Å². The van der Waals surface area contributed by atoms with Crippen molar-refractivity contribution in [3.8, 4) is 0 Å². The van der Waals surface area contributed by atoms with E-state index < -0.39 is 5.97 Å². The average molecular weight is 164 g/mol. The van der Waals surface area contributed by atoms with Gasteiger partial charge >= 0.3 is 5.97 Å². The van der Waals surface area contributed by atoms with E-state index in [0.717, 1.165) is 17.5 Å². The van der Waals surface area contributed by atoms with Gasteiger partial charge in [0, 0.05) is 0 Å². The minimum atomic E-state index is -0.857. The van der Waals surface area contributed by atoms with Crippen LogP contribution in [-0.4, -0.2) is 11.1 Å². The highest BCUT2D eigenvalue weighted by atomic mass is 16.4. The molecule has 1 aromatic carbocycles. The minimum absolute atomic E-state index is 0.373. The summed E-state index contributed by atoms with van der Waals surface area (Å²) in [5.41, 5.74) is 2.63. The van der Waals surface area contributed by atoms with Crippen LogP contribution in [0.1, 0.15) is 28.4 Å². The molecule has 1 N–H and O–H groups in total. The van der Waals surface area contributed by atoms with Crippen molar-refractivity contribution in [2.75, 3.05) is 0 Å². The zero-order valence-electron chi connectivity index (χ0n) is 7.29. The summed E-state index contributed by atoms with van der Waals surface area (Å²) in [6.07, 6.45) is 0.882. The largest absolute Gasteiger partial charge is 0.478 e. The number of hydrogen-bond acceptors (Lipinski definition) is 1. The monoisotopic (exact) mass is 164 g/mol. The lowest BCUT2D eigenvalue weighted by Gasteiger charge is -2.03. The maximum Gasteiger partial charge on any atom is 0.335 e. The molecular weight excluding hydrogens is 152 g/mol. The molecule has 0 aromatic heterocycles. The third-order valence-electron chi connectivity index (χ3n) is 1.98. The van der Waals surface area contributed by atoms with Crippen LogP contribution in [0, 0.1) is 6.92 Å². The Labute approximate surface area is 71.8 Å². The Balaban J connectivity index is 3.13. The van der Waals surface area contributed by atoms with Gasteiger partial charge in [0.25, 0.3) is 0 Å². The molecule has 12 heavy (non-hydrogen) atoms. The van der Waals surface area contributed by atoms with Crippen LogP contribution in [0.2, 0.25) is 0 Å². The lowest BCUT2D eigenvalue weighted by atomic mass is 10.0. The quantitative estimate of drug-likeness (QED) is 0.727. The maximum absolute atomic E-state index is 10.6. The van der Waals surface area contributed by atoms with Crippen LogP contribution in [0.5, 0.6) is 0 Å². The topological polar surface area (TPSA) is 37.3 Å². The van der Waals surface area contributed by atoms with Gasteiger partial charge in [0.2, 0.25) is 0 Å². The summed E-state index contributed by atoms with van der Waals surface area (Å²) in [4.78, 5) is 10.6. The first-order chi connectivity index (χ1) is 5.65. The maximum atomic E-state index is 10.6. The van der Waals surface area contributed by atoms with E-state index in [-0.39, 0.29) is 0 Å². The normalized spacial score (nSPS) is 9.83. The van der Waals surface area contributed by atoms with Crippen LogP contribution in [-0.2, 0) is 6.42 Å². The van der Waals surface area contributed by atoms with Gasteiger partial charge in [0.15, 0.2) is 0 Å². The number of rotatable bonds is 2. The van der Waals surface area contributed by atoms with Gasteiger partial charge in [-0.1, -0.05) is 13.0 Å². The van der Waals surface area contributed by atoms with Crippen molar-refractivity contribution in [3.63, 3.8) is 0 Å². The van der Waals surface area contributed by atoms with Gasteiger partial charge in [-0.2, -0.15) is 0 Å². The van der Waals surface area contributed by atoms with Crippen molar-refractivity contribution < 1.29 is 9.90 Å². The Morgan fingerprint density at radius 3 is 2.67 bits per heavy atom. The summed E-state index contributed by atoms with van der Waals surface area (Å²) in [5, 5.41) is 8.70. The van der Waals surface area contributed by atoms with E-state index >= 15 is 0 Å². The lowest BCUT2D eigenvalue weighted by molar-refractivity contribution is 0.0697. The van der Waals surface area contributed by atoms with Crippen LogP contribution in [0.4, 0.5) is 0 Å². The van der Waals surface area contributed by atoms with Crippen LogP contribution < -0.4 is 0 Å². The van der Waals surface area contributed by atoms with Gasteiger partial charge in [-0.25, -0.2) is 4.79 Å². The van der Waals surface area contributed by atoms with Gasteiger partial charge in [-0.15, -0.1) is 0 Å². The SMILES string of the molecule is CCc1cc(C(=O)O)ccc1C. The molecule has 0 aliphatic heterocycles. The van der Waals surface area contributed by atoms with E-state index in [9.17, 15) is 4.79 Å². The summed E-state index contributed by atoms with van der Waals surface area (Å²) < 4.78 is 0. The fourth-order valence-corrected chi connectivity index (χ4v) is 1.19. The number of hydrogen-bond donors (Lipinski definition) is 1. The molecular formula is C10H12O2. The molecule has 0 atom stereocenters. The number of benzene rings is 1. The van der Waals surface area contributed by atoms with E-state index in [1.807, 2.05) is 19.9 Å². The Hall–Kier alpha value is -1.31. The molecule has 0 unspecified atom stereocenters. The first-order valence-electron chi connectivity index (χ1n) is 3.98. The fourth-order valence-electron chi connectivity index (χ4n) is 1.19. The zero-order chi connectivity index (χ0) is 9.14. The average Bonchev–Trinajstić information content (AvgIpc) is 2.05. The number of aromatic carboxylic acids is 1. The van der Waals surface area contributed by atoms with Crippen molar-refractivity contribution in [3.05, 3.63) is 34.9 Å². The molecule has 0 aliphatic carbocycles. The molecule has 1 rings (SSSR count). The number of carbonyl (C=O) groups is 1. The molecule has 0 saturated carbocycles. The molecule has 1 aromatic rings. The second kappa shape index (κ2) is 3.39. The van der Waals surface area contributed by atoms with Crippen LogP contribution in [0.25, 0.3) is 0 Å². The van der Waals surface area contributed by atoms with E-state index in [2.05, 4.69) is 0 Å². The van der Waals surface area contributed by atoms with Crippen molar-refractivity contribution in [2.24, 2.45) is 0 Å². The number of aryl methyl sites for hydroxylation is 2. The minimum Gasteiger partial charge on any atom is -0.478 e. The lowest BCUT2D eigenvalue weighted by Crippen LogP contribution is -1.98. The second-order valence-electron chi connectivity index (χ2n) is 2.80. The molecule has 2 heteroatoms. The Morgan fingerprint density at radius 1 is 1.50 bits per heavy atom. The van der Waals surface area contributed by atoms with Gasteiger partial charge < -0.3 is 5.11 Å². The highest BCUT2D eigenvalue weighted by Gasteiger charge is 2.03. The Morgan fingerprint density at radius 2 is 2.17 bits per heavy atom. The highest BCUT2D eigenvalue weighted by molar-refractivity contribution is 5.87. The van der Waals surface area contributed by atoms with Gasteiger partial charge in [0.05, 0.1) is 5.56 Å². The van der Waals surface area contributed by atoms with E-state index in [4.69, 9.17) is 5.11 Å². The molecule has 0 spiro atoms. The molecule has 0 bridgehead atoms. The Kier molecular flexibility index (Phi) is 2.48. The molecule has 0 amide bonds. The first kappa shape index (κ1) is 8.78. The summed E-state index contributed by atoms with van der Waals surface area (Å²) >= 11 is 0. The third kappa shape index (κ3) is 1.64. The summed E-state index contributed by atoms with van der Waals surface area (Å²) in [6, 6.07) is 5.22. The molecule has 64 valence electrons. The second-order valence-corrected chi connectivity index (χ2v) is 2.80. The first-order valence-corrected chi connectivity index (χ1v) is 3.98. The molecule has 0 fully saturated rings. The van der Waals surface area contributed by atoms with Crippen LogP contribution in [0.3, 0.4) is 0 Å². The Bertz CT molecular complexity index is 303. The molecule has 0 radical (unpaired) electrons. The highest BCUT2D eigenvalue weighted by Crippen LogP contribution is 2.11. The van der Waals surface area contributed by atoms with E-state index in [1.165, 1.54) is 0 Å². The zero-order valence-corrected chi connectivity index (χ0v) is 7.29. The molecule has 0 saturated heterocycles. The predicted molar refractivity (Wildman–Crippen MR) is 47.5 cm³/mol. The number of carboxylic acid groups (broad SMARTS) is 1. The molecule has 2 nitrogen and oxygen atoms in total. The van der Waals surface area contributed by atoms with Crippen LogP contribution in [0.15, 0.2) is 18.2 Å². The van der Waals surface area contributed by atoms with Gasteiger partial charge in [-0.3, -0.25) is 0 Å². The standard InChI is InChI=1S/C10H12O2/c1-3-8-6-9(10(11)12)5-4-7(8)2/h4-6H,3H2,1-2H3,(H,11,12). The van der Waals surface area contributed by atoms with Crippen LogP contribution >= 0.6 is 0 Å². The van der Waals surface area contributed by atoms with Crippen molar-refractivity contribution >= 4 is 5.97 Å². The predicted octanol–water partition coefficient (Wildman–Crippen LogP) is 2.26.